The zero-order valence-electron chi connectivity index (χ0n) is 10.3. The summed E-state index contributed by atoms with van der Waals surface area (Å²) in [7, 11) is 0. The molecule has 1 aromatic heterocycles. The minimum Gasteiger partial charge on any atom is -0.369 e. The molecule has 1 atom stereocenters. The molecule has 17 heavy (non-hydrogen) atoms. The second-order valence-electron chi connectivity index (χ2n) is 4.31. The Hall–Kier alpha value is -1.65. The van der Waals surface area contributed by atoms with E-state index in [2.05, 4.69) is 22.2 Å². The Balaban J connectivity index is 2.15. The zero-order chi connectivity index (χ0) is 12.3. The minimum atomic E-state index is -0.0118. The summed E-state index contributed by atoms with van der Waals surface area (Å²) in [6, 6.07) is 0.312. The lowest BCUT2D eigenvalue weighted by atomic mass is 10.2. The normalized spacial score (nSPS) is 19.4. The van der Waals surface area contributed by atoms with Gasteiger partial charge in [0.15, 0.2) is 0 Å². The third-order valence-electron chi connectivity index (χ3n) is 3.03. The van der Waals surface area contributed by atoms with Crippen LogP contribution in [0.2, 0.25) is 0 Å². The summed E-state index contributed by atoms with van der Waals surface area (Å²) in [6.45, 7) is 5.66. The van der Waals surface area contributed by atoms with Crippen molar-refractivity contribution in [2.24, 2.45) is 0 Å². The van der Waals surface area contributed by atoms with Crippen molar-refractivity contribution in [2.45, 2.75) is 32.7 Å². The molecule has 2 rings (SSSR count). The molecule has 5 nitrogen and oxygen atoms in total. The van der Waals surface area contributed by atoms with Crippen LogP contribution in [-0.2, 0) is 0 Å². The summed E-state index contributed by atoms with van der Waals surface area (Å²) >= 11 is 0. The lowest BCUT2D eigenvalue weighted by molar-refractivity contribution is 0.0741. The summed E-state index contributed by atoms with van der Waals surface area (Å²) in [5.74, 6) is 0.646. The van der Waals surface area contributed by atoms with Crippen molar-refractivity contribution in [1.29, 1.82) is 0 Å². The Bertz CT molecular complexity index is 407. The summed E-state index contributed by atoms with van der Waals surface area (Å²) < 4.78 is 0. The minimum absolute atomic E-state index is 0.0118. The van der Waals surface area contributed by atoms with Crippen LogP contribution in [0.15, 0.2) is 12.4 Å². The summed E-state index contributed by atoms with van der Waals surface area (Å²) in [6.07, 6.45) is 5.32. The summed E-state index contributed by atoms with van der Waals surface area (Å²) in [4.78, 5) is 22.4. The molecule has 0 radical (unpaired) electrons. The van der Waals surface area contributed by atoms with Crippen LogP contribution in [0, 0.1) is 0 Å². The standard InChI is InChI=1S/C12H18N4O/c1-3-14-11-8-13-7-10(15-11)12(17)16-6-4-5-9(16)2/h7-9H,3-6H2,1-2H3,(H,14,15). The monoisotopic (exact) mass is 234 g/mol. The van der Waals surface area contributed by atoms with Crippen molar-refractivity contribution < 1.29 is 4.79 Å². The number of hydrogen-bond acceptors (Lipinski definition) is 4. The van der Waals surface area contributed by atoms with Gasteiger partial charge in [-0.3, -0.25) is 9.78 Å². The van der Waals surface area contributed by atoms with Crippen molar-refractivity contribution >= 4 is 11.7 Å². The van der Waals surface area contributed by atoms with E-state index in [1.165, 1.54) is 6.20 Å². The smallest absolute Gasteiger partial charge is 0.274 e. The molecule has 1 fully saturated rings. The molecule has 1 unspecified atom stereocenters. The van der Waals surface area contributed by atoms with Crippen LogP contribution in [0.25, 0.3) is 0 Å². The molecule has 1 amide bonds. The highest BCUT2D eigenvalue weighted by molar-refractivity contribution is 5.92. The van der Waals surface area contributed by atoms with Gasteiger partial charge in [-0.15, -0.1) is 0 Å². The van der Waals surface area contributed by atoms with Gasteiger partial charge in [-0.2, -0.15) is 0 Å². The maximum absolute atomic E-state index is 12.2. The van der Waals surface area contributed by atoms with Gasteiger partial charge in [0.25, 0.3) is 5.91 Å². The average Bonchev–Trinajstić information content (AvgIpc) is 2.75. The van der Waals surface area contributed by atoms with E-state index in [4.69, 9.17) is 0 Å². The molecule has 2 heterocycles. The SMILES string of the molecule is CCNc1cncc(C(=O)N2CCCC2C)n1. The fraction of sp³-hybridized carbons (Fsp3) is 0.583. The number of anilines is 1. The average molecular weight is 234 g/mol. The second kappa shape index (κ2) is 5.12. The van der Waals surface area contributed by atoms with E-state index < -0.39 is 0 Å². The fourth-order valence-corrected chi connectivity index (χ4v) is 2.12. The highest BCUT2D eigenvalue weighted by atomic mass is 16.2. The molecule has 0 aliphatic carbocycles. The number of rotatable bonds is 3. The predicted molar refractivity (Wildman–Crippen MR) is 65.9 cm³/mol. The molecule has 1 aliphatic rings. The topological polar surface area (TPSA) is 58.1 Å². The number of aromatic nitrogens is 2. The largest absolute Gasteiger partial charge is 0.369 e. The first kappa shape index (κ1) is 11.8. The molecule has 1 aromatic rings. The molecule has 1 aliphatic heterocycles. The van der Waals surface area contributed by atoms with Crippen LogP contribution in [0.3, 0.4) is 0 Å². The second-order valence-corrected chi connectivity index (χ2v) is 4.31. The molecule has 0 bridgehead atoms. The van der Waals surface area contributed by atoms with Crippen LogP contribution < -0.4 is 5.32 Å². The molecule has 92 valence electrons. The fourth-order valence-electron chi connectivity index (χ4n) is 2.12. The number of nitrogens with zero attached hydrogens (tertiary/aromatic N) is 3. The van der Waals surface area contributed by atoms with Crippen molar-refractivity contribution in [3.63, 3.8) is 0 Å². The zero-order valence-corrected chi connectivity index (χ0v) is 10.3. The maximum atomic E-state index is 12.2. The molecule has 1 saturated heterocycles. The van der Waals surface area contributed by atoms with Crippen LogP contribution in [0.1, 0.15) is 37.2 Å². The van der Waals surface area contributed by atoms with Crippen molar-refractivity contribution in [3.05, 3.63) is 18.1 Å². The van der Waals surface area contributed by atoms with Gasteiger partial charge < -0.3 is 10.2 Å². The molecule has 0 aromatic carbocycles. The van der Waals surface area contributed by atoms with Gasteiger partial charge in [-0.05, 0) is 26.7 Å². The highest BCUT2D eigenvalue weighted by Crippen LogP contribution is 2.18. The van der Waals surface area contributed by atoms with Crippen LogP contribution in [0.5, 0.6) is 0 Å². The van der Waals surface area contributed by atoms with E-state index in [0.29, 0.717) is 17.6 Å². The Morgan fingerprint density at radius 1 is 1.59 bits per heavy atom. The number of hydrogen-bond donors (Lipinski definition) is 1. The van der Waals surface area contributed by atoms with Gasteiger partial charge >= 0.3 is 0 Å². The Labute approximate surface area is 101 Å². The van der Waals surface area contributed by atoms with Crippen molar-refractivity contribution in [1.82, 2.24) is 14.9 Å². The molecule has 0 spiro atoms. The highest BCUT2D eigenvalue weighted by Gasteiger charge is 2.26. The molecular weight excluding hydrogens is 216 g/mol. The Morgan fingerprint density at radius 3 is 3.06 bits per heavy atom. The third-order valence-corrected chi connectivity index (χ3v) is 3.03. The quantitative estimate of drug-likeness (QED) is 0.861. The first-order chi connectivity index (χ1) is 8.22. The molecular formula is C12H18N4O. The van der Waals surface area contributed by atoms with Gasteiger partial charge in [-0.1, -0.05) is 0 Å². The number of amides is 1. The van der Waals surface area contributed by atoms with E-state index in [9.17, 15) is 4.79 Å². The Kier molecular flexibility index (Phi) is 3.56. The van der Waals surface area contributed by atoms with Crippen LogP contribution >= 0.6 is 0 Å². The van der Waals surface area contributed by atoms with Gasteiger partial charge in [0, 0.05) is 19.1 Å². The number of carbonyl (C=O) groups excluding carboxylic acids is 1. The van der Waals surface area contributed by atoms with Gasteiger partial charge in [0.2, 0.25) is 0 Å². The molecule has 0 saturated carbocycles. The van der Waals surface area contributed by atoms with E-state index >= 15 is 0 Å². The van der Waals surface area contributed by atoms with Gasteiger partial charge in [0.1, 0.15) is 11.5 Å². The number of nitrogens with one attached hydrogen (secondary N) is 1. The van der Waals surface area contributed by atoms with Crippen molar-refractivity contribution in [3.8, 4) is 0 Å². The van der Waals surface area contributed by atoms with Gasteiger partial charge in [-0.25, -0.2) is 4.98 Å². The summed E-state index contributed by atoms with van der Waals surface area (Å²) in [5, 5.41) is 3.06. The predicted octanol–water partition coefficient (Wildman–Crippen LogP) is 1.53. The lowest BCUT2D eigenvalue weighted by Gasteiger charge is -2.20. The molecule has 5 heteroatoms. The van der Waals surface area contributed by atoms with E-state index in [-0.39, 0.29) is 5.91 Å². The van der Waals surface area contributed by atoms with E-state index in [0.717, 1.165) is 25.9 Å². The van der Waals surface area contributed by atoms with Crippen molar-refractivity contribution in [2.75, 3.05) is 18.4 Å². The van der Waals surface area contributed by atoms with Crippen LogP contribution in [-0.4, -0.2) is 39.9 Å². The first-order valence-corrected chi connectivity index (χ1v) is 6.09. The lowest BCUT2D eigenvalue weighted by Crippen LogP contribution is -2.34. The number of carbonyl (C=O) groups is 1. The first-order valence-electron chi connectivity index (χ1n) is 6.09. The number of likely N-dealkylation sites (tertiary alicyclic amines) is 1. The van der Waals surface area contributed by atoms with E-state index in [1.54, 1.807) is 6.20 Å². The summed E-state index contributed by atoms with van der Waals surface area (Å²) in [5.41, 5.74) is 0.428. The van der Waals surface area contributed by atoms with Crippen LogP contribution in [0.4, 0.5) is 5.82 Å². The molecule has 1 N–H and O–H groups in total. The Morgan fingerprint density at radius 2 is 2.41 bits per heavy atom. The van der Waals surface area contributed by atoms with E-state index in [1.807, 2.05) is 11.8 Å². The maximum Gasteiger partial charge on any atom is 0.274 e. The third kappa shape index (κ3) is 2.54. The van der Waals surface area contributed by atoms with Gasteiger partial charge in [0.05, 0.1) is 12.4 Å².